The van der Waals surface area contributed by atoms with Crippen LogP contribution in [0.1, 0.15) is 34.7 Å². The first-order chi connectivity index (χ1) is 12.1. The Balaban J connectivity index is 1.71. The number of aryl methyl sites for hydroxylation is 1. The van der Waals surface area contributed by atoms with E-state index in [2.05, 4.69) is 14.9 Å². The highest BCUT2D eigenvalue weighted by molar-refractivity contribution is 6.00. The lowest BCUT2D eigenvalue weighted by atomic mass is 9.89. The number of ketones is 1. The van der Waals surface area contributed by atoms with Gasteiger partial charge in [-0.1, -0.05) is 0 Å². The molecule has 1 aromatic carbocycles. The zero-order valence-corrected chi connectivity index (χ0v) is 15.0. The molecule has 0 aliphatic carbocycles. The van der Waals surface area contributed by atoms with Crippen molar-refractivity contribution in [3.05, 3.63) is 41.5 Å². The fraction of sp³-hybridized carbons (Fsp3) is 0.474. The minimum Gasteiger partial charge on any atom is -0.497 e. The van der Waals surface area contributed by atoms with Crippen LogP contribution in [0.25, 0.3) is 0 Å². The SMILES string of the molecule is COc1ccc(C(=O)[C@@H]2CCCN(Cc3cnc(C)[nH]3)C2)c(OC)c1. The average molecular weight is 343 g/mol. The molecule has 6 nitrogen and oxygen atoms in total. The number of rotatable bonds is 6. The highest BCUT2D eigenvalue weighted by Crippen LogP contribution is 2.29. The Kier molecular flexibility index (Phi) is 5.38. The number of methoxy groups -OCH3 is 2. The van der Waals surface area contributed by atoms with E-state index in [-0.39, 0.29) is 11.7 Å². The largest absolute Gasteiger partial charge is 0.497 e. The third kappa shape index (κ3) is 4.02. The standard InChI is InChI=1S/C19H25N3O3/c1-13-20-10-15(21-13)12-22-8-4-5-14(11-22)19(23)17-7-6-16(24-2)9-18(17)25-3/h6-7,9-10,14H,4-5,8,11-12H2,1-3H3,(H,20,21)/t14-/m1/s1. The number of benzene rings is 1. The number of aromatic nitrogens is 2. The highest BCUT2D eigenvalue weighted by atomic mass is 16.5. The Bertz CT molecular complexity index is 741. The number of nitrogens with zero attached hydrogens (tertiary/aromatic N) is 2. The summed E-state index contributed by atoms with van der Waals surface area (Å²) in [6.45, 7) is 4.50. The van der Waals surface area contributed by atoms with Crippen molar-refractivity contribution in [1.29, 1.82) is 0 Å². The second kappa shape index (κ2) is 7.70. The van der Waals surface area contributed by atoms with Crippen LogP contribution in [0.5, 0.6) is 11.5 Å². The fourth-order valence-corrected chi connectivity index (χ4v) is 3.43. The van der Waals surface area contributed by atoms with Crippen LogP contribution in [0.2, 0.25) is 0 Å². The lowest BCUT2D eigenvalue weighted by Crippen LogP contribution is -2.38. The molecule has 0 radical (unpaired) electrons. The number of H-pyrrole nitrogens is 1. The van der Waals surface area contributed by atoms with Crippen molar-refractivity contribution in [2.45, 2.75) is 26.3 Å². The van der Waals surface area contributed by atoms with Crippen LogP contribution >= 0.6 is 0 Å². The molecule has 1 aliphatic rings. The van der Waals surface area contributed by atoms with E-state index in [1.54, 1.807) is 26.4 Å². The lowest BCUT2D eigenvalue weighted by Gasteiger charge is -2.31. The number of likely N-dealkylation sites (tertiary alicyclic amines) is 1. The Labute approximate surface area is 148 Å². The van der Waals surface area contributed by atoms with E-state index in [0.29, 0.717) is 17.1 Å². The molecule has 6 heteroatoms. The van der Waals surface area contributed by atoms with Crippen molar-refractivity contribution in [3.8, 4) is 11.5 Å². The van der Waals surface area contributed by atoms with Gasteiger partial charge in [-0.2, -0.15) is 0 Å². The number of hydrogen-bond acceptors (Lipinski definition) is 5. The third-order valence-corrected chi connectivity index (χ3v) is 4.70. The molecule has 2 heterocycles. The van der Waals surface area contributed by atoms with Gasteiger partial charge in [0.25, 0.3) is 0 Å². The molecule has 0 unspecified atom stereocenters. The van der Waals surface area contributed by atoms with Gasteiger partial charge < -0.3 is 14.5 Å². The highest BCUT2D eigenvalue weighted by Gasteiger charge is 2.28. The van der Waals surface area contributed by atoms with Gasteiger partial charge in [-0.25, -0.2) is 4.98 Å². The molecule has 0 bridgehead atoms. The first-order valence-electron chi connectivity index (χ1n) is 8.59. The minimum absolute atomic E-state index is 0.0138. The number of carbonyl (C=O) groups is 1. The van der Waals surface area contributed by atoms with Crippen molar-refractivity contribution < 1.29 is 14.3 Å². The van der Waals surface area contributed by atoms with E-state index in [1.807, 2.05) is 19.2 Å². The maximum atomic E-state index is 13.0. The smallest absolute Gasteiger partial charge is 0.170 e. The average Bonchev–Trinajstić information content (AvgIpc) is 3.05. The van der Waals surface area contributed by atoms with Crippen LogP contribution in [0, 0.1) is 12.8 Å². The monoisotopic (exact) mass is 343 g/mol. The lowest BCUT2D eigenvalue weighted by molar-refractivity contribution is 0.0807. The van der Waals surface area contributed by atoms with Gasteiger partial charge in [0.2, 0.25) is 0 Å². The molecule has 134 valence electrons. The molecular weight excluding hydrogens is 318 g/mol. The first-order valence-corrected chi connectivity index (χ1v) is 8.59. The van der Waals surface area contributed by atoms with Gasteiger partial charge in [-0.15, -0.1) is 0 Å². The van der Waals surface area contributed by atoms with Crippen molar-refractivity contribution in [1.82, 2.24) is 14.9 Å². The molecule has 25 heavy (non-hydrogen) atoms. The maximum Gasteiger partial charge on any atom is 0.170 e. The van der Waals surface area contributed by atoms with E-state index in [0.717, 1.165) is 44.0 Å². The van der Waals surface area contributed by atoms with Crippen LogP contribution in [0.4, 0.5) is 0 Å². The first kappa shape index (κ1) is 17.5. The number of nitrogens with one attached hydrogen (secondary N) is 1. The normalized spacial score (nSPS) is 18.1. The number of hydrogen-bond donors (Lipinski definition) is 1. The van der Waals surface area contributed by atoms with Gasteiger partial charge in [0.05, 0.1) is 19.8 Å². The molecule has 1 saturated heterocycles. The zero-order valence-electron chi connectivity index (χ0n) is 15.0. The van der Waals surface area contributed by atoms with Crippen LogP contribution < -0.4 is 9.47 Å². The predicted octanol–water partition coefficient (Wildman–Crippen LogP) is 2.83. The molecular formula is C19H25N3O3. The molecule has 3 rings (SSSR count). The molecule has 1 atom stereocenters. The second-order valence-electron chi connectivity index (χ2n) is 6.50. The van der Waals surface area contributed by atoms with Crippen molar-refractivity contribution in [2.24, 2.45) is 5.92 Å². The molecule has 1 aliphatic heterocycles. The summed E-state index contributed by atoms with van der Waals surface area (Å²) in [6.07, 6.45) is 3.79. The van der Waals surface area contributed by atoms with Crippen molar-refractivity contribution in [2.75, 3.05) is 27.3 Å². The molecule has 1 aromatic heterocycles. The van der Waals surface area contributed by atoms with Gasteiger partial charge in [0, 0.05) is 37.0 Å². The quantitative estimate of drug-likeness (QED) is 0.817. The molecule has 0 saturated carbocycles. The summed E-state index contributed by atoms with van der Waals surface area (Å²) in [7, 11) is 3.19. The molecule has 0 spiro atoms. The Morgan fingerprint density at radius 2 is 2.20 bits per heavy atom. The summed E-state index contributed by atoms with van der Waals surface area (Å²) in [6, 6.07) is 5.38. The number of carbonyl (C=O) groups excluding carboxylic acids is 1. The molecule has 1 N–H and O–H groups in total. The summed E-state index contributed by atoms with van der Waals surface area (Å²) in [4.78, 5) is 22.8. The zero-order chi connectivity index (χ0) is 17.8. The molecule has 1 fully saturated rings. The second-order valence-corrected chi connectivity index (χ2v) is 6.50. The summed E-state index contributed by atoms with van der Waals surface area (Å²) in [5.74, 6) is 2.31. The van der Waals surface area contributed by atoms with Crippen molar-refractivity contribution in [3.63, 3.8) is 0 Å². The van der Waals surface area contributed by atoms with Gasteiger partial charge in [-0.05, 0) is 38.4 Å². The van der Waals surface area contributed by atoms with Crippen LogP contribution in [-0.4, -0.2) is 48.0 Å². The third-order valence-electron chi connectivity index (χ3n) is 4.70. The Morgan fingerprint density at radius 3 is 2.88 bits per heavy atom. The summed E-state index contributed by atoms with van der Waals surface area (Å²) in [5.41, 5.74) is 1.72. The predicted molar refractivity (Wildman–Crippen MR) is 95.2 cm³/mol. The van der Waals surface area contributed by atoms with E-state index in [9.17, 15) is 4.79 Å². The van der Waals surface area contributed by atoms with Gasteiger partial charge in [0.15, 0.2) is 5.78 Å². The van der Waals surface area contributed by atoms with Crippen molar-refractivity contribution >= 4 is 5.78 Å². The Morgan fingerprint density at radius 1 is 1.36 bits per heavy atom. The minimum atomic E-state index is -0.0138. The fourth-order valence-electron chi connectivity index (χ4n) is 3.43. The Hall–Kier alpha value is -2.34. The van der Waals surface area contributed by atoms with E-state index >= 15 is 0 Å². The summed E-state index contributed by atoms with van der Waals surface area (Å²) >= 11 is 0. The topological polar surface area (TPSA) is 67.5 Å². The van der Waals surface area contributed by atoms with Crippen LogP contribution in [0.15, 0.2) is 24.4 Å². The van der Waals surface area contributed by atoms with Crippen LogP contribution in [0.3, 0.4) is 0 Å². The van der Waals surface area contributed by atoms with E-state index in [1.165, 1.54) is 0 Å². The van der Waals surface area contributed by atoms with Gasteiger partial charge in [0.1, 0.15) is 17.3 Å². The van der Waals surface area contributed by atoms with Crippen LogP contribution in [-0.2, 0) is 6.54 Å². The number of Topliss-reactive ketones (excluding diaryl/α,β-unsaturated/α-hetero) is 1. The van der Waals surface area contributed by atoms with E-state index in [4.69, 9.17) is 9.47 Å². The summed E-state index contributed by atoms with van der Waals surface area (Å²) < 4.78 is 10.6. The van der Waals surface area contributed by atoms with E-state index < -0.39 is 0 Å². The number of piperidine rings is 1. The molecule has 2 aromatic rings. The summed E-state index contributed by atoms with van der Waals surface area (Å²) in [5, 5.41) is 0. The van der Waals surface area contributed by atoms with Gasteiger partial charge in [-0.3, -0.25) is 9.69 Å². The number of imidazole rings is 1. The number of ether oxygens (including phenoxy) is 2. The van der Waals surface area contributed by atoms with Gasteiger partial charge >= 0.3 is 0 Å². The number of aromatic amines is 1. The molecule has 0 amide bonds. The maximum absolute atomic E-state index is 13.0.